The number of anilines is 2. The molecule has 130 valence electrons. The molecule has 5 nitrogen and oxygen atoms in total. The molecule has 6 heteroatoms. The molecule has 25 heavy (non-hydrogen) atoms. The summed E-state index contributed by atoms with van der Waals surface area (Å²) in [5.41, 5.74) is 1.89. The van der Waals surface area contributed by atoms with E-state index in [2.05, 4.69) is 5.32 Å². The van der Waals surface area contributed by atoms with Crippen LogP contribution in [0, 0.1) is 0 Å². The second kappa shape index (κ2) is 7.15. The summed E-state index contributed by atoms with van der Waals surface area (Å²) in [4.78, 5) is 26.2. The van der Waals surface area contributed by atoms with Gasteiger partial charge in [-0.25, -0.2) is 0 Å². The quantitative estimate of drug-likeness (QED) is 0.894. The molecule has 0 spiro atoms. The molecule has 1 aliphatic rings. The number of carbonyl (C=O) groups is 2. The Hall–Kier alpha value is -2.53. The van der Waals surface area contributed by atoms with Crippen molar-refractivity contribution in [1.82, 2.24) is 0 Å². The summed E-state index contributed by atoms with van der Waals surface area (Å²) in [6, 6.07) is 12.3. The number of methoxy groups -OCH3 is 1. The minimum atomic E-state index is -0.285. The molecule has 0 aromatic heterocycles. The normalized spacial score (nSPS) is 16.8. The van der Waals surface area contributed by atoms with Gasteiger partial charge in [-0.15, -0.1) is 0 Å². The van der Waals surface area contributed by atoms with Gasteiger partial charge in [0.2, 0.25) is 5.91 Å². The van der Waals surface area contributed by atoms with Gasteiger partial charge < -0.3 is 15.0 Å². The molecule has 2 aromatic rings. The van der Waals surface area contributed by atoms with Crippen LogP contribution < -0.4 is 15.0 Å². The van der Waals surface area contributed by atoms with Crippen LogP contribution in [0.1, 0.15) is 30.1 Å². The van der Waals surface area contributed by atoms with Crippen LogP contribution >= 0.6 is 11.6 Å². The van der Waals surface area contributed by atoms with Crippen molar-refractivity contribution in [1.29, 1.82) is 0 Å². The first-order valence-electron chi connectivity index (χ1n) is 8.06. The zero-order valence-corrected chi connectivity index (χ0v) is 14.8. The Labute approximate surface area is 151 Å². The molecule has 1 heterocycles. The maximum Gasteiger partial charge on any atom is 0.259 e. The van der Waals surface area contributed by atoms with E-state index >= 15 is 0 Å². The van der Waals surface area contributed by atoms with Gasteiger partial charge in [0.15, 0.2) is 0 Å². The van der Waals surface area contributed by atoms with Gasteiger partial charge >= 0.3 is 0 Å². The Kier molecular flexibility index (Phi) is 4.95. The Morgan fingerprint density at radius 3 is 2.56 bits per heavy atom. The maximum absolute atomic E-state index is 12.5. The van der Waals surface area contributed by atoms with Crippen LogP contribution in [0.3, 0.4) is 0 Å². The van der Waals surface area contributed by atoms with Crippen molar-refractivity contribution in [3.05, 3.63) is 53.1 Å². The molecule has 2 amide bonds. The standard InChI is InChI=1S/C19H19ClN2O3/c1-12-3-10-18(23)22(12)15-7-5-14(6-8-15)21-19(24)16-9-4-13(20)11-17(16)25-2/h4-9,11-12H,3,10H2,1-2H3,(H,21,24). The molecule has 0 saturated carbocycles. The van der Waals surface area contributed by atoms with Crippen molar-refractivity contribution < 1.29 is 14.3 Å². The van der Waals surface area contributed by atoms with E-state index in [0.29, 0.717) is 28.4 Å². The highest BCUT2D eigenvalue weighted by atomic mass is 35.5. The van der Waals surface area contributed by atoms with Gasteiger partial charge in [0.25, 0.3) is 5.91 Å². The molecule has 1 unspecified atom stereocenters. The average molecular weight is 359 g/mol. The number of rotatable bonds is 4. The Bertz CT molecular complexity index is 805. The number of ether oxygens (including phenoxy) is 1. The summed E-state index contributed by atoms with van der Waals surface area (Å²) in [5.74, 6) is 0.264. The molecule has 1 N–H and O–H groups in total. The Balaban J connectivity index is 1.75. The van der Waals surface area contributed by atoms with Crippen molar-refractivity contribution in [3.63, 3.8) is 0 Å². The van der Waals surface area contributed by atoms with Crippen molar-refractivity contribution in [2.75, 3.05) is 17.3 Å². The lowest BCUT2D eigenvalue weighted by atomic mass is 10.1. The van der Waals surface area contributed by atoms with Crippen molar-refractivity contribution in [2.45, 2.75) is 25.8 Å². The number of nitrogens with zero attached hydrogens (tertiary/aromatic N) is 1. The van der Waals surface area contributed by atoms with Gasteiger partial charge in [0.1, 0.15) is 5.75 Å². The predicted octanol–water partition coefficient (Wildman–Crippen LogP) is 4.12. The molecule has 0 bridgehead atoms. The van der Waals surface area contributed by atoms with Gasteiger partial charge in [-0.1, -0.05) is 11.6 Å². The molecular formula is C19H19ClN2O3. The van der Waals surface area contributed by atoms with Gasteiger partial charge in [-0.05, 0) is 55.8 Å². The van der Waals surface area contributed by atoms with E-state index in [-0.39, 0.29) is 17.9 Å². The fourth-order valence-electron chi connectivity index (χ4n) is 2.98. The molecule has 1 aliphatic heterocycles. The smallest absolute Gasteiger partial charge is 0.259 e. The first-order chi connectivity index (χ1) is 12.0. The zero-order chi connectivity index (χ0) is 18.0. The molecule has 2 aromatic carbocycles. The molecule has 0 radical (unpaired) electrons. The lowest BCUT2D eigenvalue weighted by Gasteiger charge is -2.22. The largest absolute Gasteiger partial charge is 0.496 e. The van der Waals surface area contributed by atoms with Crippen LogP contribution in [0.2, 0.25) is 5.02 Å². The van der Waals surface area contributed by atoms with Crippen LogP contribution in [0.4, 0.5) is 11.4 Å². The topological polar surface area (TPSA) is 58.6 Å². The van der Waals surface area contributed by atoms with E-state index in [1.54, 1.807) is 35.2 Å². The number of halogens is 1. The minimum Gasteiger partial charge on any atom is -0.496 e. The fraction of sp³-hybridized carbons (Fsp3) is 0.263. The fourth-order valence-corrected chi connectivity index (χ4v) is 3.14. The average Bonchev–Trinajstić information content (AvgIpc) is 2.94. The van der Waals surface area contributed by atoms with Crippen molar-refractivity contribution >= 4 is 34.8 Å². The lowest BCUT2D eigenvalue weighted by molar-refractivity contribution is -0.117. The SMILES string of the molecule is COc1cc(Cl)ccc1C(=O)Nc1ccc(N2C(=O)CCC2C)cc1. The van der Waals surface area contributed by atoms with E-state index in [1.807, 2.05) is 19.1 Å². The third-order valence-electron chi connectivity index (χ3n) is 4.30. The summed E-state index contributed by atoms with van der Waals surface area (Å²) < 4.78 is 5.21. The highest BCUT2D eigenvalue weighted by molar-refractivity contribution is 6.31. The highest BCUT2D eigenvalue weighted by Gasteiger charge is 2.28. The molecule has 1 fully saturated rings. The predicted molar refractivity (Wildman–Crippen MR) is 98.6 cm³/mol. The van der Waals surface area contributed by atoms with Crippen LogP contribution in [0.25, 0.3) is 0 Å². The summed E-state index contributed by atoms with van der Waals surface area (Å²) in [5, 5.41) is 3.33. The number of hydrogen-bond acceptors (Lipinski definition) is 3. The van der Waals surface area contributed by atoms with E-state index < -0.39 is 0 Å². The molecule has 1 saturated heterocycles. The van der Waals surface area contributed by atoms with E-state index in [1.165, 1.54) is 7.11 Å². The van der Waals surface area contributed by atoms with Gasteiger partial charge in [0, 0.05) is 28.9 Å². The van der Waals surface area contributed by atoms with Crippen molar-refractivity contribution in [3.8, 4) is 5.75 Å². The van der Waals surface area contributed by atoms with Gasteiger partial charge in [-0.3, -0.25) is 9.59 Å². The summed E-state index contributed by atoms with van der Waals surface area (Å²) in [6.45, 7) is 2.04. The first-order valence-corrected chi connectivity index (χ1v) is 8.44. The van der Waals surface area contributed by atoms with E-state index in [4.69, 9.17) is 16.3 Å². The van der Waals surface area contributed by atoms with Crippen LogP contribution in [0.15, 0.2) is 42.5 Å². The second-order valence-electron chi connectivity index (χ2n) is 6.00. The summed E-state index contributed by atoms with van der Waals surface area (Å²) >= 11 is 5.92. The van der Waals surface area contributed by atoms with Crippen molar-refractivity contribution in [2.24, 2.45) is 0 Å². The van der Waals surface area contributed by atoms with Crippen LogP contribution in [-0.4, -0.2) is 25.0 Å². The summed E-state index contributed by atoms with van der Waals surface area (Å²) in [6.07, 6.45) is 1.45. The third kappa shape index (κ3) is 3.61. The number of nitrogens with one attached hydrogen (secondary N) is 1. The van der Waals surface area contributed by atoms with E-state index in [0.717, 1.165) is 12.1 Å². The van der Waals surface area contributed by atoms with Crippen LogP contribution in [-0.2, 0) is 4.79 Å². The van der Waals surface area contributed by atoms with Crippen LogP contribution in [0.5, 0.6) is 5.75 Å². The second-order valence-corrected chi connectivity index (χ2v) is 6.43. The molecule has 0 aliphatic carbocycles. The summed E-state index contributed by atoms with van der Waals surface area (Å²) in [7, 11) is 1.49. The number of hydrogen-bond donors (Lipinski definition) is 1. The van der Waals surface area contributed by atoms with Gasteiger partial charge in [0.05, 0.1) is 12.7 Å². The maximum atomic E-state index is 12.5. The highest BCUT2D eigenvalue weighted by Crippen LogP contribution is 2.28. The zero-order valence-electron chi connectivity index (χ0n) is 14.1. The molecule has 1 atom stereocenters. The lowest BCUT2D eigenvalue weighted by Crippen LogP contribution is -2.30. The number of benzene rings is 2. The minimum absolute atomic E-state index is 0.134. The molecule has 3 rings (SSSR count). The monoisotopic (exact) mass is 358 g/mol. The Morgan fingerprint density at radius 2 is 1.96 bits per heavy atom. The molecular weight excluding hydrogens is 340 g/mol. The van der Waals surface area contributed by atoms with Gasteiger partial charge in [-0.2, -0.15) is 0 Å². The first kappa shape index (κ1) is 17.3. The third-order valence-corrected chi connectivity index (χ3v) is 4.53. The number of amides is 2. The number of carbonyl (C=O) groups excluding carboxylic acids is 2. The van der Waals surface area contributed by atoms with E-state index in [9.17, 15) is 9.59 Å². The Morgan fingerprint density at radius 1 is 1.24 bits per heavy atom.